The molecular formula is C23H37N3O4. The molecule has 2 amide bonds. The fraction of sp³-hybridized carbons (Fsp3) is 0.696. The van der Waals surface area contributed by atoms with Gasteiger partial charge in [0.25, 0.3) is 0 Å². The van der Waals surface area contributed by atoms with Crippen LogP contribution >= 0.6 is 0 Å². The molecule has 2 rings (SSSR count). The number of likely N-dealkylation sites (tertiary alicyclic amines) is 1. The summed E-state index contributed by atoms with van der Waals surface area (Å²) in [5, 5.41) is 0. The number of nitrogens with zero attached hydrogens (tertiary/aromatic N) is 3. The lowest BCUT2D eigenvalue weighted by atomic mass is 10.1. The Morgan fingerprint density at radius 2 is 1.80 bits per heavy atom. The molecule has 1 fully saturated rings. The average Bonchev–Trinajstić information content (AvgIpc) is 3.09. The summed E-state index contributed by atoms with van der Waals surface area (Å²) in [6.07, 6.45) is 4.67. The van der Waals surface area contributed by atoms with Gasteiger partial charge in [-0.15, -0.1) is 0 Å². The van der Waals surface area contributed by atoms with Gasteiger partial charge in [0.2, 0.25) is 0 Å². The van der Waals surface area contributed by atoms with Crippen LogP contribution in [0.2, 0.25) is 0 Å². The van der Waals surface area contributed by atoms with Crippen molar-refractivity contribution in [2.45, 2.75) is 91.4 Å². The second-order valence-electron chi connectivity index (χ2n) is 9.77. The molecule has 1 saturated heterocycles. The Morgan fingerprint density at radius 1 is 1.13 bits per heavy atom. The van der Waals surface area contributed by atoms with Gasteiger partial charge in [0, 0.05) is 19.3 Å². The number of ether oxygens (including phenoxy) is 2. The van der Waals surface area contributed by atoms with E-state index < -0.39 is 17.3 Å². The van der Waals surface area contributed by atoms with Gasteiger partial charge in [-0.1, -0.05) is 19.4 Å². The molecule has 1 aliphatic rings. The monoisotopic (exact) mass is 419 g/mol. The van der Waals surface area contributed by atoms with Crippen LogP contribution in [-0.4, -0.2) is 46.4 Å². The van der Waals surface area contributed by atoms with Crippen LogP contribution in [0.25, 0.3) is 0 Å². The summed E-state index contributed by atoms with van der Waals surface area (Å²) < 4.78 is 11.1. The van der Waals surface area contributed by atoms with E-state index in [1.807, 2.05) is 53.7 Å². The second-order valence-corrected chi connectivity index (χ2v) is 9.77. The lowest BCUT2D eigenvalue weighted by Gasteiger charge is -2.29. The molecule has 0 aromatic carbocycles. The smallest absolute Gasteiger partial charge is 0.416 e. The van der Waals surface area contributed by atoms with E-state index in [2.05, 4.69) is 11.9 Å². The quantitative estimate of drug-likeness (QED) is 0.612. The number of carbonyl (C=O) groups is 2. The fourth-order valence-corrected chi connectivity index (χ4v) is 3.34. The highest BCUT2D eigenvalue weighted by molar-refractivity contribution is 5.86. The number of unbranched alkanes of at least 4 members (excludes halogenated alkanes) is 1. The molecule has 0 saturated carbocycles. The number of hydrogen-bond donors (Lipinski definition) is 0. The summed E-state index contributed by atoms with van der Waals surface area (Å²) >= 11 is 0. The largest absolute Gasteiger partial charge is 0.444 e. The molecule has 1 aromatic rings. The van der Waals surface area contributed by atoms with Crippen LogP contribution in [0.3, 0.4) is 0 Å². The van der Waals surface area contributed by atoms with Gasteiger partial charge < -0.3 is 14.4 Å². The zero-order valence-electron chi connectivity index (χ0n) is 19.5. The van der Waals surface area contributed by atoms with E-state index in [0.29, 0.717) is 18.9 Å². The molecule has 7 heteroatoms. The van der Waals surface area contributed by atoms with Crippen molar-refractivity contribution in [1.82, 2.24) is 9.88 Å². The van der Waals surface area contributed by atoms with Gasteiger partial charge in [-0.2, -0.15) is 0 Å². The van der Waals surface area contributed by atoms with Crippen molar-refractivity contribution in [2.75, 3.05) is 18.0 Å². The Hall–Kier alpha value is -2.31. The van der Waals surface area contributed by atoms with Crippen molar-refractivity contribution < 1.29 is 19.1 Å². The van der Waals surface area contributed by atoms with E-state index >= 15 is 0 Å². The van der Waals surface area contributed by atoms with Gasteiger partial charge in [-0.3, -0.25) is 4.90 Å². The van der Waals surface area contributed by atoms with E-state index in [4.69, 9.17) is 9.47 Å². The number of aromatic nitrogens is 1. The second kappa shape index (κ2) is 9.67. The first-order valence-corrected chi connectivity index (χ1v) is 10.9. The summed E-state index contributed by atoms with van der Waals surface area (Å²) in [7, 11) is 0. The first kappa shape index (κ1) is 24.0. The number of pyridine rings is 1. The average molecular weight is 420 g/mol. The number of hydrogen-bond acceptors (Lipinski definition) is 5. The van der Waals surface area contributed by atoms with Crippen LogP contribution < -0.4 is 4.90 Å². The standard InChI is InChI=1S/C23H37N3O4/c1-8-9-14-26(21(28)30-23(5,6)7)19-13-12-17(16-24-19)18-11-10-15-25(18)20(27)29-22(2,3)4/h12-13,16,18H,8-11,14-15H2,1-7H3. The highest BCUT2D eigenvalue weighted by Gasteiger charge is 2.33. The van der Waals surface area contributed by atoms with Crippen molar-refractivity contribution in [3.63, 3.8) is 0 Å². The first-order chi connectivity index (χ1) is 13.9. The topological polar surface area (TPSA) is 72.0 Å². The Morgan fingerprint density at radius 3 is 2.33 bits per heavy atom. The predicted octanol–water partition coefficient (Wildman–Crippen LogP) is 5.70. The van der Waals surface area contributed by atoms with Crippen molar-refractivity contribution >= 4 is 18.0 Å². The van der Waals surface area contributed by atoms with Crippen molar-refractivity contribution in [1.29, 1.82) is 0 Å². The molecule has 1 aliphatic heterocycles. The maximum atomic E-state index is 12.7. The van der Waals surface area contributed by atoms with Crippen LogP contribution in [0, 0.1) is 0 Å². The molecule has 7 nitrogen and oxygen atoms in total. The summed E-state index contributed by atoms with van der Waals surface area (Å²) in [6.45, 7) is 14.5. The van der Waals surface area contributed by atoms with Crippen molar-refractivity contribution in [3.05, 3.63) is 23.9 Å². The molecule has 1 unspecified atom stereocenters. The van der Waals surface area contributed by atoms with Gasteiger partial charge in [0.15, 0.2) is 0 Å². The van der Waals surface area contributed by atoms with Gasteiger partial charge in [0.05, 0.1) is 6.04 Å². The molecule has 1 aromatic heterocycles. The highest BCUT2D eigenvalue weighted by Crippen LogP contribution is 2.33. The summed E-state index contributed by atoms with van der Waals surface area (Å²) in [6, 6.07) is 3.71. The normalized spacial score (nSPS) is 17.0. The minimum absolute atomic E-state index is 0.0629. The van der Waals surface area contributed by atoms with Crippen LogP contribution in [0.1, 0.15) is 85.8 Å². The lowest BCUT2D eigenvalue weighted by Crippen LogP contribution is -2.38. The Bertz CT molecular complexity index is 719. The van der Waals surface area contributed by atoms with Crippen LogP contribution in [0.5, 0.6) is 0 Å². The summed E-state index contributed by atoms with van der Waals surface area (Å²) in [4.78, 5) is 33.1. The van der Waals surface area contributed by atoms with E-state index in [1.54, 1.807) is 16.0 Å². The SMILES string of the molecule is CCCCN(C(=O)OC(C)(C)C)c1ccc(C2CCCN2C(=O)OC(C)(C)C)cn1. The fourth-order valence-electron chi connectivity index (χ4n) is 3.34. The molecule has 0 N–H and O–H groups in total. The molecule has 1 atom stereocenters. The zero-order valence-corrected chi connectivity index (χ0v) is 19.5. The van der Waals surface area contributed by atoms with Gasteiger partial charge >= 0.3 is 12.2 Å². The Kier molecular flexibility index (Phi) is 7.72. The number of carbonyl (C=O) groups excluding carboxylic acids is 2. The first-order valence-electron chi connectivity index (χ1n) is 10.9. The zero-order chi connectivity index (χ0) is 22.5. The lowest BCUT2D eigenvalue weighted by molar-refractivity contribution is 0.0224. The number of amides is 2. The van der Waals surface area contributed by atoms with Gasteiger partial charge in [-0.05, 0) is 72.4 Å². The summed E-state index contributed by atoms with van der Waals surface area (Å²) in [5.41, 5.74) is -0.152. The minimum Gasteiger partial charge on any atom is -0.444 e. The third-order valence-electron chi connectivity index (χ3n) is 4.66. The molecule has 0 spiro atoms. The van der Waals surface area contributed by atoms with Crippen molar-refractivity contribution in [3.8, 4) is 0 Å². The molecule has 2 heterocycles. The molecule has 30 heavy (non-hydrogen) atoms. The maximum Gasteiger partial charge on any atom is 0.416 e. The van der Waals surface area contributed by atoms with E-state index in [9.17, 15) is 9.59 Å². The predicted molar refractivity (Wildman–Crippen MR) is 118 cm³/mol. The minimum atomic E-state index is -0.570. The number of rotatable bonds is 5. The third-order valence-corrected chi connectivity index (χ3v) is 4.66. The van der Waals surface area contributed by atoms with E-state index in [0.717, 1.165) is 31.2 Å². The van der Waals surface area contributed by atoms with Crippen LogP contribution in [-0.2, 0) is 9.47 Å². The molecule has 168 valence electrons. The molecular weight excluding hydrogens is 382 g/mol. The maximum absolute atomic E-state index is 12.7. The molecule has 0 radical (unpaired) electrons. The van der Waals surface area contributed by atoms with Crippen LogP contribution in [0.4, 0.5) is 15.4 Å². The molecule has 0 bridgehead atoms. The van der Waals surface area contributed by atoms with Gasteiger partial charge in [-0.25, -0.2) is 14.6 Å². The summed E-state index contributed by atoms with van der Waals surface area (Å²) in [5.74, 6) is 0.559. The number of anilines is 1. The van der Waals surface area contributed by atoms with Crippen molar-refractivity contribution in [2.24, 2.45) is 0 Å². The van der Waals surface area contributed by atoms with E-state index in [-0.39, 0.29) is 12.1 Å². The van der Waals surface area contributed by atoms with Gasteiger partial charge in [0.1, 0.15) is 17.0 Å². The van der Waals surface area contributed by atoms with Crippen LogP contribution in [0.15, 0.2) is 18.3 Å². The Labute approximate surface area is 180 Å². The Balaban J connectivity index is 2.18. The van der Waals surface area contributed by atoms with E-state index in [1.165, 1.54) is 0 Å². The third kappa shape index (κ3) is 6.89. The highest BCUT2D eigenvalue weighted by atomic mass is 16.6. The molecule has 0 aliphatic carbocycles.